The predicted molar refractivity (Wildman–Crippen MR) is 80.8 cm³/mol. The van der Waals surface area contributed by atoms with Gasteiger partial charge in [-0.1, -0.05) is 13.3 Å². The van der Waals surface area contributed by atoms with Crippen molar-refractivity contribution in [3.05, 3.63) is 11.9 Å². The minimum Gasteiger partial charge on any atom is -0.338 e. The van der Waals surface area contributed by atoms with Gasteiger partial charge < -0.3 is 14.8 Å². The third-order valence-electron chi connectivity index (χ3n) is 3.94. The minimum atomic E-state index is 0.598. The number of anilines is 1. The summed E-state index contributed by atoms with van der Waals surface area (Å²) < 4.78 is 2.34. The van der Waals surface area contributed by atoms with Gasteiger partial charge in [-0.05, 0) is 39.7 Å². The Morgan fingerprint density at radius 2 is 2.32 bits per heavy atom. The van der Waals surface area contributed by atoms with Crippen molar-refractivity contribution in [3.63, 3.8) is 0 Å². The van der Waals surface area contributed by atoms with E-state index in [2.05, 4.69) is 41.8 Å². The molecule has 0 saturated carbocycles. The highest BCUT2D eigenvalue weighted by Gasteiger charge is 2.23. The van der Waals surface area contributed by atoms with Gasteiger partial charge in [-0.3, -0.25) is 0 Å². The largest absolute Gasteiger partial charge is 0.338 e. The molecule has 0 amide bonds. The summed E-state index contributed by atoms with van der Waals surface area (Å²) >= 11 is 0. The van der Waals surface area contributed by atoms with Crippen molar-refractivity contribution in [2.75, 3.05) is 24.5 Å². The summed E-state index contributed by atoms with van der Waals surface area (Å²) in [6.45, 7) is 11.0. The molecule has 2 heterocycles. The summed E-state index contributed by atoms with van der Waals surface area (Å²) in [5, 5.41) is 3.51. The molecule has 4 nitrogen and oxygen atoms in total. The zero-order valence-corrected chi connectivity index (χ0v) is 12.7. The molecular weight excluding hydrogens is 236 g/mol. The molecule has 0 radical (unpaired) electrons. The number of hydrogen-bond acceptors (Lipinski definition) is 3. The van der Waals surface area contributed by atoms with Crippen LogP contribution in [0.4, 0.5) is 5.95 Å². The van der Waals surface area contributed by atoms with Crippen LogP contribution in [-0.2, 0) is 6.54 Å². The van der Waals surface area contributed by atoms with Gasteiger partial charge in [-0.25, -0.2) is 4.98 Å². The number of unbranched alkanes of at least 4 members (excludes halogenated alkanes) is 1. The number of aromatic nitrogens is 2. The standard InChI is InChI=1S/C15H28N4/c1-4-6-10-18-12-13(3)17-15(18)19(5-2)14-8-7-9-16-11-14/h12,14,16H,4-11H2,1-3H3. The van der Waals surface area contributed by atoms with E-state index < -0.39 is 0 Å². The molecule has 108 valence electrons. The number of rotatable bonds is 6. The van der Waals surface area contributed by atoms with Gasteiger partial charge in [-0.2, -0.15) is 0 Å². The van der Waals surface area contributed by atoms with Crippen molar-refractivity contribution >= 4 is 5.95 Å². The molecule has 1 aromatic heterocycles. The number of aryl methyl sites for hydroxylation is 2. The quantitative estimate of drug-likeness (QED) is 0.857. The zero-order chi connectivity index (χ0) is 13.7. The second-order valence-electron chi connectivity index (χ2n) is 5.52. The van der Waals surface area contributed by atoms with E-state index >= 15 is 0 Å². The molecule has 1 saturated heterocycles. The van der Waals surface area contributed by atoms with Gasteiger partial charge in [-0.15, -0.1) is 0 Å². The Morgan fingerprint density at radius 3 is 2.95 bits per heavy atom. The number of hydrogen-bond donors (Lipinski definition) is 1. The van der Waals surface area contributed by atoms with Gasteiger partial charge in [0.05, 0.1) is 5.69 Å². The van der Waals surface area contributed by atoms with Crippen LogP contribution in [0.1, 0.15) is 45.2 Å². The fraction of sp³-hybridized carbons (Fsp3) is 0.800. The topological polar surface area (TPSA) is 33.1 Å². The van der Waals surface area contributed by atoms with Crippen LogP contribution in [0.3, 0.4) is 0 Å². The fourth-order valence-corrected chi connectivity index (χ4v) is 2.92. The summed E-state index contributed by atoms with van der Waals surface area (Å²) in [5.74, 6) is 1.17. The van der Waals surface area contributed by atoms with E-state index in [-0.39, 0.29) is 0 Å². The van der Waals surface area contributed by atoms with Crippen LogP contribution in [0.15, 0.2) is 6.20 Å². The van der Waals surface area contributed by atoms with E-state index in [4.69, 9.17) is 4.98 Å². The highest BCUT2D eigenvalue weighted by atomic mass is 15.3. The molecule has 1 unspecified atom stereocenters. The SMILES string of the molecule is CCCCn1cc(C)nc1N(CC)C1CCCNC1. The lowest BCUT2D eigenvalue weighted by Crippen LogP contribution is -2.47. The first-order valence-electron chi connectivity index (χ1n) is 7.77. The molecule has 1 atom stereocenters. The second-order valence-corrected chi connectivity index (χ2v) is 5.52. The number of likely N-dealkylation sites (N-methyl/N-ethyl adjacent to an activating group) is 1. The van der Waals surface area contributed by atoms with Gasteiger partial charge >= 0.3 is 0 Å². The Kier molecular flexibility index (Phi) is 5.25. The van der Waals surface area contributed by atoms with Crippen molar-refractivity contribution in [1.82, 2.24) is 14.9 Å². The maximum absolute atomic E-state index is 4.77. The maximum Gasteiger partial charge on any atom is 0.205 e. The molecule has 1 aliphatic rings. The van der Waals surface area contributed by atoms with Crippen LogP contribution in [0.5, 0.6) is 0 Å². The first-order chi connectivity index (χ1) is 9.26. The van der Waals surface area contributed by atoms with Crippen molar-refractivity contribution in [3.8, 4) is 0 Å². The number of piperidine rings is 1. The second kappa shape index (κ2) is 6.94. The van der Waals surface area contributed by atoms with E-state index in [1.54, 1.807) is 0 Å². The number of nitrogens with one attached hydrogen (secondary N) is 1. The molecule has 0 bridgehead atoms. The first-order valence-corrected chi connectivity index (χ1v) is 7.77. The molecule has 0 spiro atoms. The van der Waals surface area contributed by atoms with Crippen LogP contribution < -0.4 is 10.2 Å². The molecule has 0 aromatic carbocycles. The molecule has 1 N–H and O–H groups in total. The van der Waals surface area contributed by atoms with Crippen LogP contribution in [-0.4, -0.2) is 35.2 Å². The third kappa shape index (κ3) is 3.50. The molecule has 2 rings (SSSR count). The van der Waals surface area contributed by atoms with Gasteiger partial charge in [0.1, 0.15) is 0 Å². The van der Waals surface area contributed by atoms with Crippen LogP contribution in [0.2, 0.25) is 0 Å². The molecule has 0 aliphatic carbocycles. The Bertz CT molecular complexity index is 379. The Labute approximate surface area is 117 Å². The molecule has 1 aromatic rings. The average Bonchev–Trinajstić information content (AvgIpc) is 2.79. The summed E-state index contributed by atoms with van der Waals surface area (Å²) in [7, 11) is 0. The van der Waals surface area contributed by atoms with Crippen LogP contribution >= 0.6 is 0 Å². The third-order valence-corrected chi connectivity index (χ3v) is 3.94. The van der Waals surface area contributed by atoms with Gasteiger partial charge in [0.25, 0.3) is 0 Å². The van der Waals surface area contributed by atoms with Crippen molar-refractivity contribution in [2.24, 2.45) is 0 Å². The van der Waals surface area contributed by atoms with Crippen molar-refractivity contribution in [1.29, 1.82) is 0 Å². The first kappa shape index (κ1) is 14.4. The zero-order valence-electron chi connectivity index (χ0n) is 12.7. The lowest BCUT2D eigenvalue weighted by molar-refractivity contribution is 0.426. The molecular formula is C15H28N4. The van der Waals surface area contributed by atoms with E-state index in [9.17, 15) is 0 Å². The molecule has 1 aliphatic heterocycles. The normalized spacial score (nSPS) is 19.6. The summed E-state index contributed by atoms with van der Waals surface area (Å²) in [6, 6.07) is 0.598. The monoisotopic (exact) mass is 264 g/mol. The maximum atomic E-state index is 4.77. The van der Waals surface area contributed by atoms with Gasteiger partial charge in [0, 0.05) is 31.9 Å². The predicted octanol–water partition coefficient (Wildman–Crippen LogP) is 2.57. The lowest BCUT2D eigenvalue weighted by atomic mass is 10.1. The van der Waals surface area contributed by atoms with E-state index in [1.165, 1.54) is 31.6 Å². The highest BCUT2D eigenvalue weighted by molar-refractivity contribution is 5.35. The Balaban J connectivity index is 2.16. The van der Waals surface area contributed by atoms with E-state index in [0.29, 0.717) is 6.04 Å². The van der Waals surface area contributed by atoms with Gasteiger partial charge in [0.15, 0.2) is 0 Å². The van der Waals surface area contributed by atoms with Crippen molar-refractivity contribution < 1.29 is 0 Å². The molecule has 1 fully saturated rings. The highest BCUT2D eigenvalue weighted by Crippen LogP contribution is 2.21. The number of nitrogens with zero attached hydrogens (tertiary/aromatic N) is 3. The lowest BCUT2D eigenvalue weighted by Gasteiger charge is -2.35. The Hall–Kier alpha value is -1.03. The summed E-state index contributed by atoms with van der Waals surface area (Å²) in [5.41, 5.74) is 1.13. The number of imidazole rings is 1. The van der Waals surface area contributed by atoms with Crippen LogP contribution in [0, 0.1) is 6.92 Å². The Morgan fingerprint density at radius 1 is 1.47 bits per heavy atom. The molecule has 19 heavy (non-hydrogen) atoms. The van der Waals surface area contributed by atoms with Crippen molar-refractivity contribution in [2.45, 2.75) is 59.0 Å². The summed E-state index contributed by atoms with van der Waals surface area (Å²) in [4.78, 5) is 7.25. The fourth-order valence-electron chi connectivity index (χ4n) is 2.92. The van der Waals surface area contributed by atoms with Gasteiger partial charge in [0.2, 0.25) is 5.95 Å². The summed E-state index contributed by atoms with van der Waals surface area (Å²) in [6.07, 6.45) is 7.21. The minimum absolute atomic E-state index is 0.598. The van der Waals surface area contributed by atoms with Crippen LogP contribution in [0.25, 0.3) is 0 Å². The average molecular weight is 264 g/mol. The molecule has 4 heteroatoms. The smallest absolute Gasteiger partial charge is 0.205 e. The van der Waals surface area contributed by atoms with E-state index in [0.717, 1.165) is 31.9 Å². The van der Waals surface area contributed by atoms with E-state index in [1.807, 2.05) is 0 Å².